The van der Waals surface area contributed by atoms with Crippen LogP contribution in [-0.4, -0.2) is 28.2 Å². The number of nitrogens with zero attached hydrogens (tertiary/aromatic N) is 3. The second kappa shape index (κ2) is 3.48. The second-order valence-electron chi connectivity index (χ2n) is 4.42. The van der Waals surface area contributed by atoms with E-state index in [1.807, 2.05) is 4.68 Å². The Morgan fingerprint density at radius 3 is 2.60 bits per heavy atom. The largest absolute Gasteiger partial charge is 0.381 e. The number of nitrogens with two attached hydrogens (primary N) is 1. The molecule has 0 unspecified atom stereocenters. The van der Waals surface area contributed by atoms with Crippen molar-refractivity contribution in [3.8, 4) is 0 Å². The average Bonchev–Trinajstić information content (AvgIpc) is 3.04. The van der Waals surface area contributed by atoms with Crippen molar-refractivity contribution in [2.75, 3.05) is 18.9 Å². The van der Waals surface area contributed by atoms with Gasteiger partial charge in [-0.15, -0.1) is 5.10 Å². The zero-order valence-electron chi connectivity index (χ0n) is 8.72. The van der Waals surface area contributed by atoms with Gasteiger partial charge in [0.2, 0.25) is 0 Å². The van der Waals surface area contributed by atoms with Crippen LogP contribution in [0.5, 0.6) is 0 Å². The highest BCUT2D eigenvalue weighted by Crippen LogP contribution is 2.39. The van der Waals surface area contributed by atoms with Gasteiger partial charge in [-0.25, -0.2) is 4.68 Å². The maximum Gasteiger partial charge on any atom is 0.169 e. The predicted octanol–water partition coefficient (Wildman–Crippen LogP) is 1.09. The number of ether oxygens (including phenoxy) is 1. The molecule has 1 aromatic rings. The normalized spacial score (nSPS) is 23.2. The molecule has 2 heterocycles. The number of hydrogen-bond donors (Lipinski definition) is 1. The number of nitrogen functional groups attached to an aromatic ring is 1. The molecule has 5 heteroatoms. The molecule has 2 N–H and O–H groups in total. The standard InChI is InChI=1S/C10H16N4O/c11-10-9(7-3-5-15-6-4-7)14(13-12-10)8-1-2-8/h7-8H,1-6,11H2. The summed E-state index contributed by atoms with van der Waals surface area (Å²) >= 11 is 0. The summed E-state index contributed by atoms with van der Waals surface area (Å²) in [5.74, 6) is 1.11. The van der Waals surface area contributed by atoms with Crippen LogP contribution in [0.1, 0.15) is 43.3 Å². The fourth-order valence-corrected chi connectivity index (χ4v) is 2.27. The Hall–Kier alpha value is -1.10. The molecule has 1 aliphatic heterocycles. The van der Waals surface area contributed by atoms with E-state index in [0.29, 0.717) is 17.8 Å². The lowest BCUT2D eigenvalue weighted by atomic mass is 9.96. The third-order valence-corrected chi connectivity index (χ3v) is 3.26. The van der Waals surface area contributed by atoms with Crippen molar-refractivity contribution in [2.24, 2.45) is 0 Å². The molecular weight excluding hydrogens is 192 g/mol. The molecule has 3 rings (SSSR count). The van der Waals surface area contributed by atoms with Crippen LogP contribution in [0, 0.1) is 0 Å². The van der Waals surface area contributed by atoms with Crippen molar-refractivity contribution in [1.29, 1.82) is 0 Å². The van der Waals surface area contributed by atoms with Crippen LogP contribution in [-0.2, 0) is 4.74 Å². The van der Waals surface area contributed by atoms with Gasteiger partial charge in [0.15, 0.2) is 5.82 Å². The number of anilines is 1. The van der Waals surface area contributed by atoms with Gasteiger partial charge in [-0.1, -0.05) is 5.21 Å². The van der Waals surface area contributed by atoms with E-state index in [0.717, 1.165) is 31.7 Å². The van der Waals surface area contributed by atoms with Crippen molar-refractivity contribution in [1.82, 2.24) is 15.0 Å². The Kier molecular flexibility index (Phi) is 2.12. The molecule has 0 spiro atoms. The van der Waals surface area contributed by atoms with E-state index in [4.69, 9.17) is 10.5 Å². The Morgan fingerprint density at radius 1 is 1.20 bits per heavy atom. The van der Waals surface area contributed by atoms with E-state index in [2.05, 4.69) is 10.3 Å². The fraction of sp³-hybridized carbons (Fsp3) is 0.800. The van der Waals surface area contributed by atoms with Crippen LogP contribution in [0.3, 0.4) is 0 Å². The molecule has 0 bridgehead atoms. The molecule has 0 aromatic carbocycles. The van der Waals surface area contributed by atoms with E-state index in [1.54, 1.807) is 0 Å². The van der Waals surface area contributed by atoms with Crippen molar-refractivity contribution in [2.45, 2.75) is 37.6 Å². The van der Waals surface area contributed by atoms with Gasteiger partial charge in [0.1, 0.15) is 0 Å². The van der Waals surface area contributed by atoms with E-state index >= 15 is 0 Å². The highest BCUT2D eigenvalue weighted by Gasteiger charge is 2.32. The molecule has 0 atom stereocenters. The molecule has 0 radical (unpaired) electrons. The van der Waals surface area contributed by atoms with E-state index in [-0.39, 0.29) is 0 Å². The molecule has 0 amide bonds. The molecule has 15 heavy (non-hydrogen) atoms. The summed E-state index contributed by atoms with van der Waals surface area (Å²) in [6.45, 7) is 1.67. The topological polar surface area (TPSA) is 66.0 Å². The van der Waals surface area contributed by atoms with Crippen LogP contribution in [0.25, 0.3) is 0 Å². The first kappa shape index (κ1) is 9.15. The third-order valence-electron chi connectivity index (χ3n) is 3.26. The lowest BCUT2D eigenvalue weighted by Gasteiger charge is -2.22. The SMILES string of the molecule is Nc1nnn(C2CC2)c1C1CCOCC1. The van der Waals surface area contributed by atoms with Crippen molar-refractivity contribution in [3.63, 3.8) is 0 Å². The molecule has 5 nitrogen and oxygen atoms in total. The molecule has 2 fully saturated rings. The minimum Gasteiger partial charge on any atom is -0.381 e. The molecule has 82 valence electrons. The van der Waals surface area contributed by atoms with Crippen molar-refractivity contribution in [3.05, 3.63) is 5.69 Å². The van der Waals surface area contributed by atoms with Gasteiger partial charge in [0.05, 0.1) is 11.7 Å². The first-order valence-electron chi connectivity index (χ1n) is 5.64. The first-order valence-corrected chi connectivity index (χ1v) is 5.64. The van der Waals surface area contributed by atoms with Gasteiger partial charge in [0, 0.05) is 19.1 Å². The lowest BCUT2D eigenvalue weighted by Crippen LogP contribution is -2.18. The Bertz CT molecular complexity index is 352. The molecule has 1 aromatic heterocycles. The van der Waals surface area contributed by atoms with Crippen LogP contribution in [0.15, 0.2) is 0 Å². The van der Waals surface area contributed by atoms with Gasteiger partial charge in [0.25, 0.3) is 0 Å². The molecule has 1 saturated heterocycles. The molecule has 2 aliphatic rings. The maximum atomic E-state index is 5.90. The van der Waals surface area contributed by atoms with Gasteiger partial charge >= 0.3 is 0 Å². The second-order valence-corrected chi connectivity index (χ2v) is 4.42. The van der Waals surface area contributed by atoms with Crippen LogP contribution in [0.2, 0.25) is 0 Å². The van der Waals surface area contributed by atoms with Crippen molar-refractivity contribution < 1.29 is 4.74 Å². The molecule has 1 aliphatic carbocycles. The zero-order valence-corrected chi connectivity index (χ0v) is 8.72. The van der Waals surface area contributed by atoms with Gasteiger partial charge in [-0.3, -0.25) is 0 Å². The van der Waals surface area contributed by atoms with Gasteiger partial charge in [-0.05, 0) is 25.7 Å². The quantitative estimate of drug-likeness (QED) is 0.790. The summed E-state index contributed by atoms with van der Waals surface area (Å²) in [6, 6.07) is 0.563. The number of hydrogen-bond acceptors (Lipinski definition) is 4. The Balaban J connectivity index is 1.90. The van der Waals surface area contributed by atoms with E-state index < -0.39 is 0 Å². The first-order chi connectivity index (χ1) is 7.36. The zero-order chi connectivity index (χ0) is 10.3. The summed E-state index contributed by atoms with van der Waals surface area (Å²) in [6.07, 6.45) is 4.53. The Morgan fingerprint density at radius 2 is 1.93 bits per heavy atom. The minimum atomic E-state index is 0.495. The predicted molar refractivity (Wildman–Crippen MR) is 55.5 cm³/mol. The van der Waals surface area contributed by atoms with Crippen LogP contribution >= 0.6 is 0 Å². The van der Waals surface area contributed by atoms with E-state index in [9.17, 15) is 0 Å². The Labute approximate surface area is 88.6 Å². The fourth-order valence-electron chi connectivity index (χ4n) is 2.27. The number of rotatable bonds is 2. The monoisotopic (exact) mass is 208 g/mol. The van der Waals surface area contributed by atoms with Gasteiger partial charge in [-0.2, -0.15) is 0 Å². The summed E-state index contributed by atoms with van der Waals surface area (Å²) in [5, 5.41) is 8.16. The lowest BCUT2D eigenvalue weighted by molar-refractivity contribution is 0.0836. The highest BCUT2D eigenvalue weighted by molar-refractivity contribution is 5.36. The summed E-state index contributed by atoms with van der Waals surface area (Å²) in [7, 11) is 0. The number of aromatic nitrogens is 3. The van der Waals surface area contributed by atoms with Crippen LogP contribution in [0.4, 0.5) is 5.82 Å². The average molecular weight is 208 g/mol. The summed E-state index contributed by atoms with van der Waals surface area (Å²) < 4.78 is 7.41. The highest BCUT2D eigenvalue weighted by atomic mass is 16.5. The summed E-state index contributed by atoms with van der Waals surface area (Å²) in [4.78, 5) is 0. The maximum absolute atomic E-state index is 5.90. The summed E-state index contributed by atoms with van der Waals surface area (Å²) in [5.41, 5.74) is 7.06. The minimum absolute atomic E-state index is 0.495. The smallest absolute Gasteiger partial charge is 0.169 e. The van der Waals surface area contributed by atoms with Gasteiger partial charge < -0.3 is 10.5 Å². The van der Waals surface area contributed by atoms with E-state index in [1.165, 1.54) is 12.8 Å². The van der Waals surface area contributed by atoms with Crippen molar-refractivity contribution >= 4 is 5.82 Å². The molecular formula is C10H16N4O. The van der Waals surface area contributed by atoms with Crippen LogP contribution < -0.4 is 5.73 Å². The third kappa shape index (κ3) is 1.61. The molecule has 1 saturated carbocycles.